The van der Waals surface area contributed by atoms with Crippen LogP contribution in [0, 0.1) is 25.5 Å². The first-order chi connectivity index (χ1) is 13.9. The molecular weight excluding hydrogens is 383 g/mol. The standard InChI is InChI=1S/C18H17F2N5O.C2H5F/c1-10-11(2)22-17-16(21-10)15(13-4-3-12(19)9-14(13)20)23-18(24-17)25-5-7-26-8-6-25;1-2-3/h3-4,9H,5-8H2,1-2H3;2H2,1H3. The van der Waals surface area contributed by atoms with Crippen LogP contribution < -0.4 is 4.90 Å². The highest BCUT2D eigenvalue weighted by Gasteiger charge is 2.21. The number of aryl methyl sites for hydroxylation is 2. The molecule has 0 amide bonds. The molecule has 154 valence electrons. The summed E-state index contributed by atoms with van der Waals surface area (Å²) in [5, 5.41) is 0. The third-order valence-electron chi connectivity index (χ3n) is 4.41. The molecule has 1 aliphatic heterocycles. The minimum atomic E-state index is -0.696. The quantitative estimate of drug-likeness (QED) is 0.646. The average Bonchev–Trinajstić information content (AvgIpc) is 2.70. The third kappa shape index (κ3) is 4.61. The largest absolute Gasteiger partial charge is 0.378 e. The Bertz CT molecular complexity index is 1010. The smallest absolute Gasteiger partial charge is 0.228 e. The molecule has 0 spiro atoms. The van der Waals surface area contributed by atoms with E-state index in [1.165, 1.54) is 19.1 Å². The number of morpholine rings is 1. The highest BCUT2D eigenvalue weighted by molar-refractivity contribution is 5.88. The van der Waals surface area contributed by atoms with E-state index >= 15 is 0 Å². The van der Waals surface area contributed by atoms with E-state index in [4.69, 9.17) is 4.74 Å². The normalized spacial score (nSPS) is 13.9. The molecule has 0 radical (unpaired) electrons. The van der Waals surface area contributed by atoms with Crippen LogP contribution in [0.4, 0.5) is 19.1 Å². The van der Waals surface area contributed by atoms with Gasteiger partial charge in [-0.2, -0.15) is 4.98 Å². The van der Waals surface area contributed by atoms with Crippen LogP contribution in [0.25, 0.3) is 22.4 Å². The summed E-state index contributed by atoms with van der Waals surface area (Å²) in [6.45, 7) is 7.28. The fourth-order valence-electron chi connectivity index (χ4n) is 2.87. The summed E-state index contributed by atoms with van der Waals surface area (Å²) in [5.41, 5.74) is 2.73. The number of halogens is 3. The van der Waals surface area contributed by atoms with Gasteiger partial charge in [0.2, 0.25) is 5.95 Å². The molecule has 1 saturated heterocycles. The summed E-state index contributed by atoms with van der Waals surface area (Å²) >= 11 is 0. The van der Waals surface area contributed by atoms with Crippen molar-refractivity contribution in [3.05, 3.63) is 41.2 Å². The van der Waals surface area contributed by atoms with Crippen LogP contribution in [-0.4, -0.2) is 52.9 Å². The Morgan fingerprint density at radius 1 is 1.00 bits per heavy atom. The van der Waals surface area contributed by atoms with Gasteiger partial charge in [-0.05, 0) is 32.9 Å². The third-order valence-corrected chi connectivity index (χ3v) is 4.41. The van der Waals surface area contributed by atoms with E-state index < -0.39 is 11.6 Å². The molecular formula is C20H22F3N5O. The van der Waals surface area contributed by atoms with Gasteiger partial charge in [-0.15, -0.1) is 0 Å². The fourth-order valence-corrected chi connectivity index (χ4v) is 2.87. The van der Waals surface area contributed by atoms with E-state index in [1.807, 2.05) is 18.7 Å². The predicted octanol–water partition coefficient (Wildman–Crippen LogP) is 3.79. The predicted molar refractivity (Wildman–Crippen MR) is 105 cm³/mol. The molecule has 0 atom stereocenters. The van der Waals surface area contributed by atoms with Gasteiger partial charge in [-0.3, -0.25) is 4.39 Å². The molecule has 6 nitrogen and oxygen atoms in total. The Hall–Kier alpha value is -2.81. The van der Waals surface area contributed by atoms with E-state index in [1.54, 1.807) is 0 Å². The topological polar surface area (TPSA) is 64.0 Å². The maximum absolute atomic E-state index is 14.4. The number of fused-ring (bicyclic) bond motifs is 1. The Morgan fingerprint density at radius 2 is 1.66 bits per heavy atom. The fraction of sp³-hybridized carbons (Fsp3) is 0.400. The number of benzene rings is 1. The lowest BCUT2D eigenvalue weighted by molar-refractivity contribution is 0.122. The van der Waals surface area contributed by atoms with Crippen molar-refractivity contribution in [1.82, 2.24) is 19.9 Å². The molecule has 0 unspecified atom stereocenters. The molecule has 29 heavy (non-hydrogen) atoms. The Labute approximate surface area is 166 Å². The van der Waals surface area contributed by atoms with Gasteiger partial charge in [0.15, 0.2) is 5.65 Å². The molecule has 4 rings (SSSR count). The van der Waals surface area contributed by atoms with Crippen LogP contribution in [0.1, 0.15) is 18.3 Å². The van der Waals surface area contributed by atoms with Gasteiger partial charge in [-0.1, -0.05) is 0 Å². The summed E-state index contributed by atoms with van der Waals surface area (Å²) in [7, 11) is 0. The van der Waals surface area contributed by atoms with E-state index in [0.29, 0.717) is 54.8 Å². The molecule has 1 aliphatic rings. The van der Waals surface area contributed by atoms with Crippen molar-refractivity contribution in [3.63, 3.8) is 0 Å². The van der Waals surface area contributed by atoms with E-state index in [9.17, 15) is 13.2 Å². The summed E-state index contributed by atoms with van der Waals surface area (Å²) < 4.78 is 43.4. The molecule has 9 heteroatoms. The minimum absolute atomic E-state index is 0.172. The number of hydrogen-bond donors (Lipinski definition) is 0. The molecule has 1 aromatic carbocycles. The van der Waals surface area contributed by atoms with E-state index in [0.717, 1.165) is 11.8 Å². The van der Waals surface area contributed by atoms with Crippen LogP contribution in [0.3, 0.4) is 0 Å². The van der Waals surface area contributed by atoms with Crippen molar-refractivity contribution >= 4 is 17.1 Å². The maximum Gasteiger partial charge on any atom is 0.228 e. The summed E-state index contributed by atoms with van der Waals surface area (Å²) in [6, 6.07) is 3.41. The number of nitrogens with zero attached hydrogens (tertiary/aromatic N) is 5. The first-order valence-electron chi connectivity index (χ1n) is 9.31. The molecule has 3 aromatic rings. The average molecular weight is 405 g/mol. The van der Waals surface area contributed by atoms with Gasteiger partial charge in [0.1, 0.15) is 22.8 Å². The number of aromatic nitrogens is 4. The molecule has 1 fully saturated rings. The highest BCUT2D eigenvalue weighted by atomic mass is 19.1. The van der Waals surface area contributed by atoms with Gasteiger partial charge < -0.3 is 9.64 Å². The van der Waals surface area contributed by atoms with Crippen LogP contribution in [0.15, 0.2) is 18.2 Å². The van der Waals surface area contributed by atoms with Crippen LogP contribution in [0.5, 0.6) is 0 Å². The Kier molecular flexibility index (Phi) is 6.58. The second-order valence-corrected chi connectivity index (χ2v) is 6.43. The molecule has 0 aliphatic carbocycles. The monoisotopic (exact) mass is 405 g/mol. The summed E-state index contributed by atoms with van der Waals surface area (Å²) in [6.07, 6.45) is 0. The number of ether oxygens (including phenoxy) is 1. The second kappa shape index (κ2) is 9.13. The first kappa shape index (κ1) is 20.9. The van der Waals surface area contributed by atoms with Gasteiger partial charge in [0.25, 0.3) is 0 Å². The highest BCUT2D eigenvalue weighted by Crippen LogP contribution is 2.29. The van der Waals surface area contributed by atoms with Gasteiger partial charge >= 0.3 is 0 Å². The number of alkyl halides is 1. The number of anilines is 1. The first-order valence-corrected chi connectivity index (χ1v) is 9.31. The molecule has 0 N–H and O–H groups in total. The van der Waals surface area contributed by atoms with Crippen LogP contribution >= 0.6 is 0 Å². The second-order valence-electron chi connectivity index (χ2n) is 6.43. The van der Waals surface area contributed by atoms with Crippen molar-refractivity contribution in [3.8, 4) is 11.3 Å². The molecule has 0 saturated carbocycles. The van der Waals surface area contributed by atoms with Gasteiger partial charge in [-0.25, -0.2) is 23.7 Å². The van der Waals surface area contributed by atoms with Crippen molar-refractivity contribution in [2.24, 2.45) is 0 Å². The summed E-state index contributed by atoms with van der Waals surface area (Å²) in [4.78, 5) is 20.0. The van der Waals surface area contributed by atoms with Crippen molar-refractivity contribution in [2.75, 3.05) is 37.9 Å². The molecule has 2 aromatic heterocycles. The van der Waals surface area contributed by atoms with Crippen molar-refractivity contribution in [2.45, 2.75) is 20.8 Å². The summed E-state index contributed by atoms with van der Waals surface area (Å²) in [5.74, 6) is -0.897. The van der Waals surface area contributed by atoms with Gasteiger partial charge in [0, 0.05) is 24.7 Å². The van der Waals surface area contributed by atoms with E-state index in [2.05, 4.69) is 19.9 Å². The Balaban J connectivity index is 0.000000755. The number of hydrogen-bond acceptors (Lipinski definition) is 6. The molecule has 0 bridgehead atoms. The zero-order valence-corrected chi connectivity index (χ0v) is 16.5. The Morgan fingerprint density at radius 3 is 2.31 bits per heavy atom. The minimum Gasteiger partial charge on any atom is -0.378 e. The number of rotatable bonds is 2. The lowest BCUT2D eigenvalue weighted by atomic mass is 10.1. The SMILES string of the molecule is CCF.Cc1nc2nc(N3CCOCC3)nc(-c3ccc(F)cc3F)c2nc1C. The van der Waals surface area contributed by atoms with Crippen molar-refractivity contribution < 1.29 is 17.9 Å². The lowest BCUT2D eigenvalue weighted by Gasteiger charge is -2.27. The van der Waals surface area contributed by atoms with Crippen LogP contribution in [0.2, 0.25) is 0 Å². The van der Waals surface area contributed by atoms with E-state index in [-0.39, 0.29) is 12.2 Å². The zero-order chi connectivity index (χ0) is 21.0. The molecule has 3 heterocycles. The maximum atomic E-state index is 14.4. The lowest BCUT2D eigenvalue weighted by Crippen LogP contribution is -2.37. The zero-order valence-electron chi connectivity index (χ0n) is 16.5. The van der Waals surface area contributed by atoms with Crippen molar-refractivity contribution in [1.29, 1.82) is 0 Å². The van der Waals surface area contributed by atoms with Crippen LogP contribution in [-0.2, 0) is 4.74 Å². The van der Waals surface area contributed by atoms with Gasteiger partial charge in [0.05, 0.1) is 31.3 Å².